The molecular weight excluding hydrogens is 264 g/mol. The van der Waals surface area contributed by atoms with E-state index in [2.05, 4.69) is 27.0 Å². The second kappa shape index (κ2) is 5.19. The minimum absolute atomic E-state index is 0.580. The van der Waals surface area contributed by atoms with E-state index in [-0.39, 0.29) is 0 Å². The van der Waals surface area contributed by atoms with Gasteiger partial charge in [0.05, 0.1) is 0 Å². The zero-order valence-electron chi connectivity index (χ0n) is 10.7. The Hall–Kier alpha value is -1.59. The molecule has 100 valence electrons. The highest BCUT2D eigenvalue weighted by molar-refractivity contribution is 6.30. The van der Waals surface area contributed by atoms with Crippen molar-refractivity contribution < 1.29 is 4.52 Å². The Morgan fingerprint density at radius 1 is 1.21 bits per heavy atom. The maximum absolute atomic E-state index is 5.96. The molecule has 6 heteroatoms. The van der Waals surface area contributed by atoms with Crippen LogP contribution in [0.1, 0.15) is 0 Å². The molecule has 0 N–H and O–H groups in total. The predicted octanol–water partition coefficient (Wildman–Crippen LogP) is 2.14. The van der Waals surface area contributed by atoms with E-state index in [0.29, 0.717) is 16.9 Å². The Kier molecular flexibility index (Phi) is 3.40. The minimum atomic E-state index is 0.580. The quantitative estimate of drug-likeness (QED) is 0.842. The Balaban J connectivity index is 1.80. The van der Waals surface area contributed by atoms with Gasteiger partial charge in [0.2, 0.25) is 5.82 Å². The average molecular weight is 279 g/mol. The molecule has 0 unspecified atom stereocenters. The number of aromatic nitrogens is 2. The van der Waals surface area contributed by atoms with Crippen molar-refractivity contribution in [3.05, 3.63) is 29.3 Å². The van der Waals surface area contributed by atoms with Gasteiger partial charge < -0.3 is 14.3 Å². The van der Waals surface area contributed by atoms with E-state index in [4.69, 9.17) is 16.1 Å². The molecule has 1 aliphatic rings. The number of likely N-dealkylation sites (N-methyl/N-ethyl adjacent to an activating group) is 1. The van der Waals surface area contributed by atoms with Crippen LogP contribution in [0.15, 0.2) is 28.8 Å². The number of hydrogen-bond acceptors (Lipinski definition) is 5. The highest BCUT2D eigenvalue weighted by Crippen LogP contribution is 2.23. The molecule has 0 aliphatic carbocycles. The van der Waals surface area contributed by atoms with Crippen molar-refractivity contribution in [1.29, 1.82) is 0 Å². The summed E-state index contributed by atoms with van der Waals surface area (Å²) in [6.45, 7) is 3.84. The van der Waals surface area contributed by atoms with Crippen molar-refractivity contribution in [1.82, 2.24) is 15.0 Å². The average Bonchev–Trinajstić information content (AvgIpc) is 2.89. The molecule has 1 fully saturated rings. The van der Waals surface area contributed by atoms with Gasteiger partial charge in [0.15, 0.2) is 0 Å². The molecule has 0 atom stereocenters. The van der Waals surface area contributed by atoms with E-state index in [1.54, 1.807) is 0 Å². The van der Waals surface area contributed by atoms with Crippen LogP contribution >= 0.6 is 11.6 Å². The summed E-state index contributed by atoms with van der Waals surface area (Å²) in [5.41, 5.74) is 0.872. The van der Waals surface area contributed by atoms with Crippen LogP contribution in [0, 0.1) is 0 Å². The van der Waals surface area contributed by atoms with E-state index < -0.39 is 0 Å². The molecule has 3 rings (SSSR count). The number of hydrogen-bond donors (Lipinski definition) is 0. The van der Waals surface area contributed by atoms with Gasteiger partial charge in [0, 0.05) is 36.8 Å². The lowest BCUT2D eigenvalue weighted by Gasteiger charge is -2.30. The summed E-state index contributed by atoms with van der Waals surface area (Å²) in [4.78, 5) is 8.84. The first-order valence-electron chi connectivity index (χ1n) is 6.25. The van der Waals surface area contributed by atoms with Gasteiger partial charge in [-0.2, -0.15) is 4.98 Å². The van der Waals surface area contributed by atoms with Crippen LogP contribution in [0.3, 0.4) is 0 Å². The molecule has 5 nitrogen and oxygen atoms in total. The van der Waals surface area contributed by atoms with Crippen LogP contribution in [0.5, 0.6) is 0 Å². The Morgan fingerprint density at radius 2 is 2.00 bits per heavy atom. The van der Waals surface area contributed by atoms with E-state index in [1.807, 2.05) is 24.3 Å². The van der Waals surface area contributed by atoms with Gasteiger partial charge in [-0.3, -0.25) is 0 Å². The highest BCUT2D eigenvalue weighted by atomic mass is 35.5. The molecule has 1 aliphatic heterocycles. The molecule has 1 aromatic heterocycles. The lowest BCUT2D eigenvalue weighted by molar-refractivity contribution is 0.298. The van der Waals surface area contributed by atoms with Crippen molar-refractivity contribution >= 4 is 17.6 Å². The molecule has 2 aromatic rings. The number of piperazine rings is 1. The van der Waals surface area contributed by atoms with Gasteiger partial charge in [0.25, 0.3) is 0 Å². The molecule has 0 bridgehead atoms. The van der Waals surface area contributed by atoms with Gasteiger partial charge in [-0.15, -0.1) is 0 Å². The monoisotopic (exact) mass is 278 g/mol. The van der Waals surface area contributed by atoms with E-state index in [9.17, 15) is 0 Å². The van der Waals surface area contributed by atoms with Gasteiger partial charge in [0.1, 0.15) is 0 Å². The topological polar surface area (TPSA) is 45.4 Å². The minimum Gasteiger partial charge on any atom is -0.322 e. The predicted molar refractivity (Wildman–Crippen MR) is 74.5 cm³/mol. The molecule has 0 spiro atoms. The van der Waals surface area contributed by atoms with Crippen molar-refractivity contribution in [2.75, 3.05) is 38.1 Å². The van der Waals surface area contributed by atoms with Crippen LogP contribution in [0.4, 0.5) is 6.01 Å². The zero-order chi connectivity index (χ0) is 13.2. The summed E-state index contributed by atoms with van der Waals surface area (Å²) in [5.74, 6) is 0.580. The maximum atomic E-state index is 5.96. The Morgan fingerprint density at radius 3 is 2.74 bits per heavy atom. The third kappa shape index (κ3) is 2.72. The normalized spacial score (nSPS) is 16.8. The smallest absolute Gasteiger partial charge is 0.322 e. The van der Waals surface area contributed by atoms with Crippen molar-refractivity contribution in [2.24, 2.45) is 0 Å². The zero-order valence-corrected chi connectivity index (χ0v) is 11.5. The second-order valence-corrected chi connectivity index (χ2v) is 5.14. The lowest BCUT2D eigenvalue weighted by atomic mass is 10.2. The number of benzene rings is 1. The first-order valence-corrected chi connectivity index (χ1v) is 6.63. The summed E-state index contributed by atoms with van der Waals surface area (Å²) in [7, 11) is 2.11. The van der Waals surface area contributed by atoms with Crippen LogP contribution in [0.25, 0.3) is 11.4 Å². The third-order valence-corrected chi connectivity index (χ3v) is 3.51. The molecule has 0 radical (unpaired) electrons. The first kappa shape index (κ1) is 12.4. The molecule has 1 saturated heterocycles. The number of halogens is 1. The second-order valence-electron chi connectivity index (χ2n) is 4.70. The SMILES string of the molecule is CN1CCN(c2nc(-c3cccc(Cl)c3)no2)CC1. The van der Waals surface area contributed by atoms with Gasteiger partial charge in [-0.1, -0.05) is 28.9 Å². The summed E-state index contributed by atoms with van der Waals surface area (Å²) in [6.07, 6.45) is 0. The lowest BCUT2D eigenvalue weighted by Crippen LogP contribution is -2.44. The maximum Gasteiger partial charge on any atom is 0.324 e. The largest absolute Gasteiger partial charge is 0.324 e. The molecule has 2 heterocycles. The summed E-state index contributed by atoms with van der Waals surface area (Å²) in [5, 5.41) is 4.69. The van der Waals surface area contributed by atoms with Crippen LogP contribution in [0.2, 0.25) is 5.02 Å². The van der Waals surface area contributed by atoms with Gasteiger partial charge in [-0.25, -0.2) is 0 Å². The summed E-state index contributed by atoms with van der Waals surface area (Å²) in [6, 6.07) is 8.05. The molecule has 19 heavy (non-hydrogen) atoms. The standard InChI is InChI=1S/C13H15ClN4O/c1-17-5-7-18(8-6-17)13-15-12(16-19-13)10-3-2-4-11(14)9-10/h2-4,9H,5-8H2,1H3. The Labute approximate surface area is 116 Å². The summed E-state index contributed by atoms with van der Waals surface area (Å²) >= 11 is 5.96. The fourth-order valence-corrected chi connectivity index (χ4v) is 2.28. The first-order chi connectivity index (χ1) is 9.22. The van der Waals surface area contributed by atoms with Crippen LogP contribution < -0.4 is 4.90 Å². The number of nitrogens with zero attached hydrogens (tertiary/aromatic N) is 4. The fourth-order valence-electron chi connectivity index (χ4n) is 2.09. The van der Waals surface area contributed by atoms with E-state index >= 15 is 0 Å². The van der Waals surface area contributed by atoms with Crippen LogP contribution in [-0.4, -0.2) is 48.3 Å². The van der Waals surface area contributed by atoms with Crippen molar-refractivity contribution in [3.8, 4) is 11.4 Å². The van der Waals surface area contributed by atoms with Gasteiger partial charge in [-0.05, 0) is 19.2 Å². The van der Waals surface area contributed by atoms with Gasteiger partial charge >= 0.3 is 6.01 Å². The molecule has 1 aromatic carbocycles. The van der Waals surface area contributed by atoms with Crippen LogP contribution in [-0.2, 0) is 0 Å². The van der Waals surface area contributed by atoms with E-state index in [0.717, 1.165) is 31.7 Å². The van der Waals surface area contributed by atoms with Crippen molar-refractivity contribution in [2.45, 2.75) is 0 Å². The highest BCUT2D eigenvalue weighted by Gasteiger charge is 2.19. The Bertz CT molecular complexity index is 563. The van der Waals surface area contributed by atoms with E-state index in [1.165, 1.54) is 0 Å². The summed E-state index contributed by atoms with van der Waals surface area (Å²) < 4.78 is 5.34. The molecule has 0 amide bonds. The van der Waals surface area contributed by atoms with Crippen molar-refractivity contribution in [3.63, 3.8) is 0 Å². The fraction of sp³-hybridized carbons (Fsp3) is 0.385. The molecule has 0 saturated carbocycles. The molecular formula is C13H15ClN4O. The third-order valence-electron chi connectivity index (χ3n) is 3.27. The number of anilines is 1. The number of rotatable bonds is 2.